The van der Waals surface area contributed by atoms with Gasteiger partial charge in [0.15, 0.2) is 0 Å². The van der Waals surface area contributed by atoms with E-state index in [1.165, 1.54) is 0 Å². The number of hydrogen-bond acceptors (Lipinski definition) is 3. The Balaban J connectivity index is 2.74. The van der Waals surface area contributed by atoms with E-state index in [9.17, 15) is 13.2 Å². The van der Waals surface area contributed by atoms with Gasteiger partial charge in [0.1, 0.15) is 0 Å². The zero-order chi connectivity index (χ0) is 15.9. The number of rotatable bonds is 8. The normalized spacial score (nSPS) is 11.2. The van der Waals surface area contributed by atoms with E-state index in [2.05, 4.69) is 5.32 Å². The van der Waals surface area contributed by atoms with E-state index >= 15 is 0 Å². The number of nitrogens with one attached hydrogen (secondary N) is 1. The number of para-hydroxylation sites is 1. The first-order valence-corrected chi connectivity index (χ1v) is 9.07. The van der Waals surface area contributed by atoms with E-state index in [1.807, 2.05) is 6.92 Å². The van der Waals surface area contributed by atoms with Crippen LogP contribution in [0.4, 0.5) is 5.69 Å². The third kappa shape index (κ3) is 5.93. The second-order valence-corrected chi connectivity index (χ2v) is 7.05. The highest BCUT2D eigenvalue weighted by Gasteiger charge is 2.20. The molecule has 0 heterocycles. The Hall–Kier alpha value is -1.27. The minimum absolute atomic E-state index is 0.0700. The zero-order valence-corrected chi connectivity index (χ0v) is 13.9. The first-order valence-electron chi connectivity index (χ1n) is 6.85. The number of carbonyl (C=O) groups is 1. The Labute approximate surface area is 131 Å². The molecule has 0 aliphatic heterocycles. The van der Waals surface area contributed by atoms with Gasteiger partial charge < -0.3 is 5.32 Å². The van der Waals surface area contributed by atoms with Gasteiger partial charge in [-0.1, -0.05) is 37.1 Å². The van der Waals surface area contributed by atoms with Crippen molar-refractivity contribution in [3.63, 3.8) is 0 Å². The van der Waals surface area contributed by atoms with E-state index in [-0.39, 0.29) is 18.9 Å². The van der Waals surface area contributed by atoms with Gasteiger partial charge in [0.2, 0.25) is 15.9 Å². The fourth-order valence-electron chi connectivity index (χ4n) is 1.81. The van der Waals surface area contributed by atoms with Gasteiger partial charge in [0.05, 0.1) is 17.0 Å². The van der Waals surface area contributed by atoms with Gasteiger partial charge >= 0.3 is 0 Å². The lowest BCUT2D eigenvalue weighted by atomic mass is 10.3. The Kier molecular flexibility index (Phi) is 6.98. The van der Waals surface area contributed by atoms with Crippen LogP contribution in [0, 0.1) is 0 Å². The van der Waals surface area contributed by atoms with E-state index < -0.39 is 10.0 Å². The highest BCUT2D eigenvalue weighted by Crippen LogP contribution is 2.27. The maximum absolute atomic E-state index is 11.9. The summed E-state index contributed by atoms with van der Waals surface area (Å²) in [6.07, 6.45) is 3.11. The van der Waals surface area contributed by atoms with E-state index in [0.717, 1.165) is 23.4 Å². The average Bonchev–Trinajstić information content (AvgIpc) is 2.40. The van der Waals surface area contributed by atoms with Crippen LogP contribution in [0.3, 0.4) is 0 Å². The van der Waals surface area contributed by atoms with Crippen molar-refractivity contribution in [1.29, 1.82) is 0 Å². The number of anilines is 1. The van der Waals surface area contributed by atoms with E-state index in [1.54, 1.807) is 24.3 Å². The predicted octanol–water partition coefficient (Wildman–Crippen LogP) is 2.41. The van der Waals surface area contributed by atoms with Crippen LogP contribution >= 0.6 is 11.6 Å². The zero-order valence-electron chi connectivity index (χ0n) is 12.3. The quantitative estimate of drug-likeness (QED) is 0.743. The third-order valence-corrected chi connectivity index (χ3v) is 4.42. The maximum Gasteiger partial charge on any atom is 0.232 e. The SMILES string of the molecule is CCCCNC(=O)CCN(c1ccccc1Cl)S(C)(=O)=O. The number of sulfonamides is 1. The molecule has 0 atom stereocenters. The van der Waals surface area contributed by atoms with Crippen LogP contribution in [0.25, 0.3) is 0 Å². The summed E-state index contributed by atoms with van der Waals surface area (Å²) in [5, 5.41) is 3.11. The van der Waals surface area contributed by atoms with Gasteiger partial charge in [0.25, 0.3) is 0 Å². The summed E-state index contributed by atoms with van der Waals surface area (Å²) >= 11 is 6.04. The second-order valence-electron chi connectivity index (χ2n) is 4.74. The van der Waals surface area contributed by atoms with Crippen molar-refractivity contribution in [3.8, 4) is 0 Å². The molecule has 1 N–H and O–H groups in total. The minimum Gasteiger partial charge on any atom is -0.356 e. The summed E-state index contributed by atoms with van der Waals surface area (Å²) in [6, 6.07) is 6.68. The molecule has 0 aliphatic rings. The Bertz CT molecular complexity index is 575. The molecular weight excluding hydrogens is 312 g/mol. The molecule has 0 aromatic heterocycles. The van der Waals surface area contributed by atoms with Crippen molar-refractivity contribution >= 4 is 33.2 Å². The summed E-state index contributed by atoms with van der Waals surface area (Å²) in [5.41, 5.74) is 0.392. The lowest BCUT2D eigenvalue weighted by Crippen LogP contribution is -2.35. The molecule has 0 radical (unpaired) electrons. The molecule has 0 aliphatic carbocycles. The number of benzene rings is 1. The number of nitrogens with zero attached hydrogens (tertiary/aromatic N) is 1. The highest BCUT2D eigenvalue weighted by atomic mass is 35.5. The molecule has 7 heteroatoms. The molecular formula is C14H21ClN2O3S. The van der Waals surface area contributed by atoms with Crippen LogP contribution in [-0.2, 0) is 14.8 Å². The molecule has 5 nitrogen and oxygen atoms in total. The largest absolute Gasteiger partial charge is 0.356 e. The molecule has 0 spiro atoms. The predicted molar refractivity (Wildman–Crippen MR) is 86.2 cm³/mol. The van der Waals surface area contributed by atoms with Gasteiger partial charge in [-0.2, -0.15) is 0 Å². The molecule has 118 valence electrons. The standard InChI is InChI=1S/C14H21ClN2O3S/c1-3-4-10-16-14(18)9-11-17(21(2,19)20)13-8-6-5-7-12(13)15/h5-8H,3-4,9-11H2,1-2H3,(H,16,18). The number of amides is 1. The van der Waals surface area contributed by atoms with Crippen LogP contribution in [0.15, 0.2) is 24.3 Å². The lowest BCUT2D eigenvalue weighted by molar-refractivity contribution is -0.120. The molecule has 0 saturated heterocycles. The summed E-state index contributed by atoms with van der Waals surface area (Å²) in [5.74, 6) is -0.163. The minimum atomic E-state index is -3.49. The smallest absolute Gasteiger partial charge is 0.232 e. The Morgan fingerprint density at radius 3 is 2.57 bits per heavy atom. The van der Waals surface area contributed by atoms with Crippen LogP contribution in [-0.4, -0.2) is 33.7 Å². The van der Waals surface area contributed by atoms with Gasteiger partial charge in [-0.25, -0.2) is 8.42 Å². The molecule has 1 amide bonds. The summed E-state index contributed by atoms with van der Waals surface area (Å²) in [6.45, 7) is 2.72. The highest BCUT2D eigenvalue weighted by molar-refractivity contribution is 7.92. The van der Waals surface area contributed by atoms with Crippen LogP contribution in [0.2, 0.25) is 5.02 Å². The lowest BCUT2D eigenvalue weighted by Gasteiger charge is -2.23. The number of halogens is 1. The van der Waals surface area contributed by atoms with Gasteiger partial charge in [-0.3, -0.25) is 9.10 Å². The monoisotopic (exact) mass is 332 g/mol. The molecule has 0 unspecified atom stereocenters. The molecule has 1 rings (SSSR count). The van der Waals surface area contributed by atoms with Gasteiger partial charge in [0, 0.05) is 19.5 Å². The van der Waals surface area contributed by atoms with E-state index in [0.29, 0.717) is 17.3 Å². The molecule has 1 aromatic rings. The first kappa shape index (κ1) is 17.8. The van der Waals surface area contributed by atoms with Gasteiger partial charge in [-0.15, -0.1) is 0 Å². The molecule has 0 saturated carbocycles. The van der Waals surface area contributed by atoms with Crippen molar-refractivity contribution in [2.75, 3.05) is 23.7 Å². The van der Waals surface area contributed by atoms with Crippen molar-refractivity contribution in [2.45, 2.75) is 26.2 Å². The topological polar surface area (TPSA) is 66.5 Å². The summed E-state index contributed by atoms with van der Waals surface area (Å²) in [4.78, 5) is 11.7. The van der Waals surface area contributed by atoms with E-state index in [4.69, 9.17) is 11.6 Å². The van der Waals surface area contributed by atoms with Crippen LogP contribution < -0.4 is 9.62 Å². The van der Waals surface area contributed by atoms with Crippen LogP contribution in [0.5, 0.6) is 0 Å². The van der Waals surface area contributed by atoms with Crippen LogP contribution in [0.1, 0.15) is 26.2 Å². The van der Waals surface area contributed by atoms with Crippen molar-refractivity contribution in [2.24, 2.45) is 0 Å². The number of hydrogen-bond donors (Lipinski definition) is 1. The Morgan fingerprint density at radius 2 is 2.00 bits per heavy atom. The van der Waals surface area contributed by atoms with Crippen molar-refractivity contribution < 1.29 is 13.2 Å². The number of carbonyl (C=O) groups excluding carboxylic acids is 1. The Morgan fingerprint density at radius 1 is 1.33 bits per heavy atom. The third-order valence-electron chi connectivity index (χ3n) is 2.92. The molecule has 0 bridgehead atoms. The summed E-state index contributed by atoms with van der Waals surface area (Å²) < 4.78 is 24.9. The second kappa shape index (κ2) is 8.24. The van der Waals surface area contributed by atoms with Gasteiger partial charge in [-0.05, 0) is 18.6 Å². The molecule has 0 fully saturated rings. The molecule has 21 heavy (non-hydrogen) atoms. The first-order chi connectivity index (χ1) is 9.86. The fraction of sp³-hybridized carbons (Fsp3) is 0.500. The number of unbranched alkanes of at least 4 members (excludes halogenated alkanes) is 1. The molecule has 1 aromatic carbocycles. The fourth-order valence-corrected chi connectivity index (χ4v) is 3.04. The maximum atomic E-state index is 11.9. The summed E-state index contributed by atoms with van der Waals surface area (Å²) in [7, 11) is -3.49. The average molecular weight is 333 g/mol. The van der Waals surface area contributed by atoms with Crippen molar-refractivity contribution in [3.05, 3.63) is 29.3 Å². The van der Waals surface area contributed by atoms with Crippen molar-refractivity contribution in [1.82, 2.24) is 5.32 Å².